The molecule has 2 aliphatic rings. The van der Waals surface area contributed by atoms with Crippen molar-refractivity contribution in [2.75, 3.05) is 23.7 Å². The van der Waals surface area contributed by atoms with Crippen LogP contribution in [0, 0.1) is 0 Å². The third kappa shape index (κ3) is 3.13. The minimum atomic E-state index is -3.42. The predicted molar refractivity (Wildman–Crippen MR) is 83.2 cm³/mol. The van der Waals surface area contributed by atoms with Crippen molar-refractivity contribution < 1.29 is 21.0 Å². The van der Waals surface area contributed by atoms with Crippen LogP contribution in [0.3, 0.4) is 0 Å². The Balaban J connectivity index is 1.61. The van der Waals surface area contributed by atoms with E-state index in [9.17, 15) is 16.8 Å². The summed E-state index contributed by atoms with van der Waals surface area (Å²) in [5.41, 5.74) is 0.878. The number of hydrogen-bond donors (Lipinski definition) is 0. The molecule has 0 aromatic heterocycles. The van der Waals surface area contributed by atoms with Crippen LogP contribution >= 0.6 is 0 Å². The van der Waals surface area contributed by atoms with E-state index in [1.807, 2.05) is 4.90 Å². The van der Waals surface area contributed by atoms with Gasteiger partial charge in [0.2, 0.25) is 0 Å². The largest absolute Gasteiger partial charge is 0.366 e. The zero-order chi connectivity index (χ0) is 16.0. The second-order valence-corrected chi connectivity index (χ2v) is 9.82. The van der Waals surface area contributed by atoms with Gasteiger partial charge in [-0.3, -0.25) is 4.18 Å². The standard InChI is InChI=1S/C14H19NO5S2/c1-2-21(16,17)20-12-9-15(10-12)11-3-5-13(6-4-11)22(18,19)14-7-8-14/h3-6,12,14H,2,7-10H2,1H3. The van der Waals surface area contributed by atoms with E-state index in [2.05, 4.69) is 0 Å². The van der Waals surface area contributed by atoms with Gasteiger partial charge in [0.25, 0.3) is 10.1 Å². The molecule has 1 heterocycles. The lowest BCUT2D eigenvalue weighted by Gasteiger charge is -2.40. The van der Waals surface area contributed by atoms with Gasteiger partial charge in [-0.2, -0.15) is 8.42 Å². The highest BCUT2D eigenvalue weighted by atomic mass is 32.2. The van der Waals surface area contributed by atoms with Crippen LogP contribution in [0.1, 0.15) is 19.8 Å². The highest BCUT2D eigenvalue weighted by Crippen LogP contribution is 2.34. The van der Waals surface area contributed by atoms with Gasteiger partial charge in [0, 0.05) is 18.8 Å². The number of anilines is 1. The smallest absolute Gasteiger partial charge is 0.267 e. The Labute approximate surface area is 131 Å². The van der Waals surface area contributed by atoms with Crippen LogP contribution in [0.4, 0.5) is 5.69 Å². The average molecular weight is 345 g/mol. The predicted octanol–water partition coefficient (Wildman–Crippen LogP) is 1.18. The van der Waals surface area contributed by atoms with Gasteiger partial charge >= 0.3 is 0 Å². The van der Waals surface area contributed by atoms with E-state index in [1.54, 1.807) is 31.2 Å². The van der Waals surface area contributed by atoms with E-state index >= 15 is 0 Å². The van der Waals surface area contributed by atoms with Crippen molar-refractivity contribution in [1.82, 2.24) is 0 Å². The monoisotopic (exact) mass is 345 g/mol. The molecule has 0 atom stereocenters. The van der Waals surface area contributed by atoms with Gasteiger partial charge in [-0.1, -0.05) is 0 Å². The summed E-state index contributed by atoms with van der Waals surface area (Å²) < 4.78 is 52.0. The van der Waals surface area contributed by atoms with Crippen LogP contribution in [0.2, 0.25) is 0 Å². The summed E-state index contributed by atoms with van der Waals surface area (Å²) in [4.78, 5) is 2.32. The molecule has 0 amide bonds. The molecule has 1 saturated carbocycles. The van der Waals surface area contributed by atoms with Crippen molar-refractivity contribution >= 4 is 25.6 Å². The first-order chi connectivity index (χ1) is 10.3. The molecule has 8 heteroatoms. The summed E-state index contributed by atoms with van der Waals surface area (Å²) in [6.07, 6.45) is 1.18. The molecule has 1 aromatic rings. The molecule has 1 aliphatic carbocycles. The first-order valence-electron chi connectivity index (χ1n) is 7.32. The van der Waals surface area contributed by atoms with Gasteiger partial charge < -0.3 is 4.90 Å². The molecule has 0 bridgehead atoms. The van der Waals surface area contributed by atoms with Gasteiger partial charge in [-0.25, -0.2) is 8.42 Å². The molecule has 0 unspecified atom stereocenters. The lowest BCUT2D eigenvalue weighted by Crippen LogP contribution is -2.53. The Morgan fingerprint density at radius 3 is 2.18 bits per heavy atom. The fourth-order valence-corrected chi connectivity index (χ4v) is 4.73. The summed E-state index contributed by atoms with van der Waals surface area (Å²) in [7, 11) is -6.58. The molecule has 0 N–H and O–H groups in total. The first-order valence-corrected chi connectivity index (χ1v) is 10.4. The molecular formula is C14H19NO5S2. The Kier molecular flexibility index (Phi) is 3.94. The lowest BCUT2D eigenvalue weighted by molar-refractivity contribution is 0.175. The number of rotatable bonds is 6. The van der Waals surface area contributed by atoms with E-state index in [1.165, 1.54) is 0 Å². The van der Waals surface area contributed by atoms with E-state index in [0.717, 1.165) is 18.5 Å². The molecule has 1 aliphatic heterocycles. The fourth-order valence-electron chi connectivity index (χ4n) is 2.40. The second kappa shape index (κ2) is 5.50. The Morgan fingerprint density at radius 2 is 1.68 bits per heavy atom. The summed E-state index contributed by atoms with van der Waals surface area (Å²) in [6, 6.07) is 6.78. The zero-order valence-corrected chi connectivity index (χ0v) is 13.9. The quantitative estimate of drug-likeness (QED) is 0.720. The van der Waals surface area contributed by atoms with Crippen LogP contribution < -0.4 is 4.90 Å². The summed E-state index contributed by atoms with van der Waals surface area (Å²) in [6.45, 7) is 2.53. The van der Waals surface area contributed by atoms with Crippen LogP contribution in [0.25, 0.3) is 0 Å². The van der Waals surface area contributed by atoms with Gasteiger partial charge in [0.05, 0.1) is 15.9 Å². The molecule has 0 radical (unpaired) electrons. The maximum atomic E-state index is 12.1. The molecule has 6 nitrogen and oxygen atoms in total. The van der Waals surface area contributed by atoms with Crippen LogP contribution in [0.5, 0.6) is 0 Å². The zero-order valence-electron chi connectivity index (χ0n) is 12.3. The highest BCUT2D eigenvalue weighted by molar-refractivity contribution is 7.92. The topological polar surface area (TPSA) is 80.8 Å². The van der Waals surface area contributed by atoms with Gasteiger partial charge in [0.15, 0.2) is 9.84 Å². The van der Waals surface area contributed by atoms with E-state index in [-0.39, 0.29) is 17.1 Å². The molecule has 1 saturated heterocycles. The minimum absolute atomic E-state index is 0.0305. The number of benzene rings is 1. The SMILES string of the molecule is CCS(=O)(=O)OC1CN(c2ccc(S(=O)(=O)C3CC3)cc2)C1. The first kappa shape index (κ1) is 15.8. The van der Waals surface area contributed by atoms with Crippen molar-refractivity contribution in [1.29, 1.82) is 0 Å². The Bertz CT molecular complexity index is 745. The summed E-state index contributed by atoms with van der Waals surface area (Å²) >= 11 is 0. The van der Waals surface area contributed by atoms with Gasteiger partial charge in [-0.05, 0) is 44.0 Å². The van der Waals surface area contributed by atoms with Crippen molar-refractivity contribution in [3.05, 3.63) is 24.3 Å². The minimum Gasteiger partial charge on any atom is -0.366 e. The van der Waals surface area contributed by atoms with Crippen molar-refractivity contribution in [3.8, 4) is 0 Å². The summed E-state index contributed by atoms with van der Waals surface area (Å²) in [5.74, 6) is -0.0305. The van der Waals surface area contributed by atoms with Crippen LogP contribution in [0.15, 0.2) is 29.2 Å². The van der Waals surface area contributed by atoms with Crippen molar-refractivity contribution in [2.24, 2.45) is 0 Å². The average Bonchev–Trinajstić information content (AvgIpc) is 3.27. The van der Waals surface area contributed by atoms with Crippen molar-refractivity contribution in [2.45, 2.75) is 36.0 Å². The fraction of sp³-hybridized carbons (Fsp3) is 0.571. The number of nitrogens with zero attached hydrogens (tertiary/aromatic N) is 1. The molecular weight excluding hydrogens is 326 g/mol. The van der Waals surface area contributed by atoms with Crippen LogP contribution in [-0.2, 0) is 24.1 Å². The molecule has 1 aromatic carbocycles. The van der Waals surface area contributed by atoms with E-state index in [0.29, 0.717) is 18.0 Å². The van der Waals surface area contributed by atoms with E-state index < -0.39 is 20.0 Å². The van der Waals surface area contributed by atoms with E-state index in [4.69, 9.17) is 4.18 Å². The highest BCUT2D eigenvalue weighted by Gasteiger charge is 2.37. The van der Waals surface area contributed by atoms with Gasteiger partial charge in [0.1, 0.15) is 6.10 Å². The van der Waals surface area contributed by atoms with Gasteiger partial charge in [-0.15, -0.1) is 0 Å². The number of sulfone groups is 1. The molecule has 3 rings (SSSR count). The van der Waals surface area contributed by atoms with Crippen molar-refractivity contribution in [3.63, 3.8) is 0 Å². The Hall–Kier alpha value is -1.12. The molecule has 2 fully saturated rings. The van der Waals surface area contributed by atoms with Crippen LogP contribution in [-0.4, -0.2) is 47.0 Å². The molecule has 0 spiro atoms. The molecule has 122 valence electrons. The maximum absolute atomic E-state index is 12.1. The third-order valence-electron chi connectivity index (χ3n) is 3.98. The summed E-state index contributed by atoms with van der Waals surface area (Å²) in [5, 5.41) is -0.209. The second-order valence-electron chi connectivity index (χ2n) is 5.71. The normalized spacial score (nSPS) is 20.0. The molecule has 22 heavy (non-hydrogen) atoms. The maximum Gasteiger partial charge on any atom is 0.267 e. The Morgan fingerprint density at radius 1 is 1.09 bits per heavy atom. The number of hydrogen-bond acceptors (Lipinski definition) is 6. The third-order valence-corrected chi connectivity index (χ3v) is 7.53. The lowest BCUT2D eigenvalue weighted by atomic mass is 10.1.